The molecule has 0 aliphatic rings. The van der Waals surface area contributed by atoms with Crippen molar-refractivity contribution >= 4 is 18.2 Å². The van der Waals surface area contributed by atoms with Gasteiger partial charge in [0.2, 0.25) is 0 Å². The number of nitrogens with two attached hydrogens (primary N) is 1. The van der Waals surface area contributed by atoms with Gasteiger partial charge in [0, 0.05) is 11.8 Å². The third kappa shape index (κ3) is 3.49. The quantitative estimate of drug-likeness (QED) is 0.800. The summed E-state index contributed by atoms with van der Waals surface area (Å²) in [5.41, 5.74) is 4.09. The Balaban J connectivity index is 0.00000196. The fourth-order valence-electron chi connectivity index (χ4n) is 0.844. The lowest BCUT2D eigenvalue weighted by atomic mass is 10.2. The molecule has 15 heavy (non-hydrogen) atoms. The molecule has 0 atom stereocenters. The molecule has 2 N–H and O–H groups in total. The van der Waals surface area contributed by atoms with Crippen molar-refractivity contribution in [1.29, 1.82) is 0 Å². The number of halogens is 4. The van der Waals surface area contributed by atoms with Crippen molar-refractivity contribution in [3.05, 3.63) is 29.6 Å². The molecule has 0 unspecified atom stereocenters. The third-order valence-electron chi connectivity index (χ3n) is 1.56. The Kier molecular flexibility index (Phi) is 4.70. The SMILES string of the molecule is Cl.NCC(=O)c1ccc(C(F)(F)F)nc1. The van der Waals surface area contributed by atoms with Gasteiger partial charge in [0.05, 0.1) is 6.54 Å². The first-order chi connectivity index (χ1) is 6.45. The molecule has 3 nitrogen and oxygen atoms in total. The number of carbonyl (C=O) groups is 1. The number of carbonyl (C=O) groups excluding carboxylic acids is 1. The second-order valence-corrected chi connectivity index (χ2v) is 2.56. The van der Waals surface area contributed by atoms with E-state index >= 15 is 0 Å². The summed E-state index contributed by atoms with van der Waals surface area (Å²) in [5.74, 6) is -0.439. The molecule has 1 aromatic rings. The predicted molar refractivity (Wildman–Crippen MR) is 49.9 cm³/mol. The van der Waals surface area contributed by atoms with E-state index in [1.807, 2.05) is 0 Å². The Hall–Kier alpha value is -1.14. The van der Waals surface area contributed by atoms with Crippen LogP contribution < -0.4 is 5.73 Å². The molecule has 0 aliphatic heterocycles. The molecule has 0 aromatic carbocycles. The third-order valence-corrected chi connectivity index (χ3v) is 1.56. The van der Waals surface area contributed by atoms with Gasteiger partial charge in [0.15, 0.2) is 5.78 Å². The van der Waals surface area contributed by atoms with Crippen LogP contribution in [0.3, 0.4) is 0 Å². The van der Waals surface area contributed by atoms with Crippen molar-refractivity contribution < 1.29 is 18.0 Å². The van der Waals surface area contributed by atoms with Crippen LogP contribution in [0.1, 0.15) is 16.1 Å². The maximum atomic E-state index is 12.0. The molecular weight excluding hydrogens is 233 g/mol. The zero-order valence-corrected chi connectivity index (χ0v) is 8.23. The Bertz CT molecular complexity index is 337. The van der Waals surface area contributed by atoms with Gasteiger partial charge < -0.3 is 5.73 Å². The molecule has 1 heterocycles. The van der Waals surface area contributed by atoms with Gasteiger partial charge >= 0.3 is 6.18 Å². The zero-order chi connectivity index (χ0) is 10.8. The number of pyridine rings is 1. The van der Waals surface area contributed by atoms with Crippen LogP contribution in [0.15, 0.2) is 18.3 Å². The van der Waals surface area contributed by atoms with E-state index in [-0.39, 0.29) is 24.5 Å². The first-order valence-electron chi connectivity index (χ1n) is 3.71. The van der Waals surface area contributed by atoms with Crippen molar-refractivity contribution in [3.63, 3.8) is 0 Å². The Morgan fingerprint density at radius 1 is 1.40 bits per heavy atom. The van der Waals surface area contributed by atoms with Crippen LogP contribution in [0.5, 0.6) is 0 Å². The molecule has 0 bridgehead atoms. The minimum Gasteiger partial charge on any atom is -0.324 e. The highest BCUT2D eigenvalue weighted by atomic mass is 35.5. The first-order valence-corrected chi connectivity index (χ1v) is 3.71. The van der Waals surface area contributed by atoms with Gasteiger partial charge in [-0.15, -0.1) is 12.4 Å². The second-order valence-electron chi connectivity index (χ2n) is 2.56. The fourth-order valence-corrected chi connectivity index (χ4v) is 0.844. The standard InChI is InChI=1S/C8H7F3N2O.ClH/c9-8(10,11)7-2-1-5(4-13-7)6(14)3-12;/h1-2,4H,3,12H2;1H. The van der Waals surface area contributed by atoms with Crippen LogP contribution in [0.4, 0.5) is 13.2 Å². The van der Waals surface area contributed by atoms with Gasteiger partial charge in [-0.1, -0.05) is 0 Å². The van der Waals surface area contributed by atoms with Crippen LogP contribution in [0, 0.1) is 0 Å². The Morgan fingerprint density at radius 3 is 2.33 bits per heavy atom. The second kappa shape index (κ2) is 5.09. The van der Waals surface area contributed by atoms with Gasteiger partial charge in [0.25, 0.3) is 0 Å². The average Bonchev–Trinajstić information content (AvgIpc) is 2.15. The van der Waals surface area contributed by atoms with Crippen molar-refractivity contribution in [2.24, 2.45) is 5.73 Å². The van der Waals surface area contributed by atoms with Crippen LogP contribution in [0.25, 0.3) is 0 Å². The van der Waals surface area contributed by atoms with E-state index in [2.05, 4.69) is 4.98 Å². The van der Waals surface area contributed by atoms with Crippen LogP contribution in [-0.2, 0) is 6.18 Å². The molecule has 0 saturated carbocycles. The van der Waals surface area contributed by atoms with E-state index in [9.17, 15) is 18.0 Å². The van der Waals surface area contributed by atoms with Crippen LogP contribution in [0.2, 0.25) is 0 Å². The predicted octanol–water partition coefficient (Wildman–Crippen LogP) is 1.66. The summed E-state index contributed by atoms with van der Waals surface area (Å²) in [6, 6.07) is 1.81. The molecule has 1 rings (SSSR count). The topological polar surface area (TPSA) is 56.0 Å². The van der Waals surface area contributed by atoms with Crippen molar-refractivity contribution in [2.45, 2.75) is 6.18 Å². The Morgan fingerprint density at radius 2 is 2.00 bits per heavy atom. The van der Waals surface area contributed by atoms with E-state index in [4.69, 9.17) is 5.73 Å². The molecule has 0 saturated heterocycles. The van der Waals surface area contributed by atoms with Crippen molar-refractivity contribution in [1.82, 2.24) is 4.98 Å². The number of alkyl halides is 3. The summed E-state index contributed by atoms with van der Waals surface area (Å²) in [6.07, 6.45) is -3.61. The highest BCUT2D eigenvalue weighted by Gasteiger charge is 2.32. The largest absolute Gasteiger partial charge is 0.433 e. The number of nitrogens with zero attached hydrogens (tertiary/aromatic N) is 1. The van der Waals surface area contributed by atoms with E-state index in [0.29, 0.717) is 0 Å². The molecule has 1 aromatic heterocycles. The minimum absolute atomic E-state index is 0. The van der Waals surface area contributed by atoms with E-state index < -0.39 is 17.7 Å². The first kappa shape index (κ1) is 13.9. The number of hydrogen-bond donors (Lipinski definition) is 1. The summed E-state index contributed by atoms with van der Waals surface area (Å²) >= 11 is 0. The van der Waals surface area contributed by atoms with Gasteiger partial charge in [-0.05, 0) is 12.1 Å². The van der Waals surface area contributed by atoms with Gasteiger partial charge in [-0.25, -0.2) is 0 Å². The number of ketones is 1. The van der Waals surface area contributed by atoms with Crippen molar-refractivity contribution in [3.8, 4) is 0 Å². The summed E-state index contributed by atoms with van der Waals surface area (Å²) in [5, 5.41) is 0. The zero-order valence-electron chi connectivity index (χ0n) is 7.41. The summed E-state index contributed by atoms with van der Waals surface area (Å²) < 4.78 is 36.1. The van der Waals surface area contributed by atoms with E-state index in [0.717, 1.165) is 18.3 Å². The molecule has 84 valence electrons. The van der Waals surface area contributed by atoms with E-state index in [1.54, 1.807) is 0 Å². The highest BCUT2D eigenvalue weighted by Crippen LogP contribution is 2.27. The smallest absolute Gasteiger partial charge is 0.324 e. The van der Waals surface area contributed by atoms with Crippen molar-refractivity contribution in [2.75, 3.05) is 6.54 Å². The number of Topliss-reactive ketones (excluding diaryl/α,β-unsaturated/α-hetero) is 1. The van der Waals surface area contributed by atoms with Gasteiger partial charge in [0.1, 0.15) is 5.69 Å². The maximum Gasteiger partial charge on any atom is 0.433 e. The fraction of sp³-hybridized carbons (Fsp3) is 0.250. The molecule has 7 heteroatoms. The lowest BCUT2D eigenvalue weighted by Gasteiger charge is -2.05. The number of aromatic nitrogens is 1. The van der Waals surface area contributed by atoms with Gasteiger partial charge in [-0.2, -0.15) is 13.2 Å². The molecule has 0 aliphatic carbocycles. The van der Waals surface area contributed by atoms with Crippen LogP contribution >= 0.6 is 12.4 Å². The summed E-state index contributed by atoms with van der Waals surface area (Å²) in [6.45, 7) is -0.243. The number of hydrogen-bond acceptors (Lipinski definition) is 3. The molecule has 0 radical (unpaired) electrons. The molecule has 0 amide bonds. The highest BCUT2D eigenvalue weighted by molar-refractivity contribution is 5.97. The molecular formula is C8H8ClF3N2O. The normalized spacial score (nSPS) is 10.7. The molecule has 0 spiro atoms. The minimum atomic E-state index is -4.48. The van der Waals surface area contributed by atoms with Crippen LogP contribution in [-0.4, -0.2) is 17.3 Å². The monoisotopic (exact) mass is 240 g/mol. The summed E-state index contributed by atoms with van der Waals surface area (Å²) in [7, 11) is 0. The summed E-state index contributed by atoms with van der Waals surface area (Å²) in [4.78, 5) is 14.0. The lowest BCUT2D eigenvalue weighted by molar-refractivity contribution is -0.141. The van der Waals surface area contributed by atoms with E-state index in [1.165, 1.54) is 0 Å². The van der Waals surface area contributed by atoms with Gasteiger partial charge in [-0.3, -0.25) is 9.78 Å². The Labute approximate surface area is 89.9 Å². The maximum absolute atomic E-state index is 12.0. The number of rotatable bonds is 2. The average molecular weight is 241 g/mol. The lowest BCUT2D eigenvalue weighted by Crippen LogP contribution is -2.15. The molecule has 0 fully saturated rings.